The van der Waals surface area contributed by atoms with Crippen LogP contribution in [0.2, 0.25) is 0 Å². The molecule has 0 aliphatic heterocycles. The summed E-state index contributed by atoms with van der Waals surface area (Å²) in [5, 5.41) is 21.2. The molecule has 118 valence electrons. The number of carbonyl (C=O) groups excluding carboxylic acids is 1. The zero-order chi connectivity index (χ0) is 16.8. The smallest absolute Gasteiger partial charge is 0.308 e. The fourth-order valence-electron chi connectivity index (χ4n) is 2.36. The number of carbonyl (C=O) groups is 1. The van der Waals surface area contributed by atoms with E-state index < -0.39 is 0 Å². The van der Waals surface area contributed by atoms with Crippen molar-refractivity contribution in [3.05, 3.63) is 78.0 Å². The number of nitrogens with one attached hydrogen (secondary N) is 3. The number of aromatic amines is 1. The van der Waals surface area contributed by atoms with Crippen LogP contribution in [0, 0.1) is 11.3 Å². The first-order chi connectivity index (χ1) is 11.8. The third kappa shape index (κ3) is 3.59. The molecular formula is C18H15N5O. The predicted molar refractivity (Wildman–Crippen MR) is 91.6 cm³/mol. The maximum atomic E-state index is 11.9. The summed E-state index contributed by atoms with van der Waals surface area (Å²) in [5.74, 6) is 0.178. The first kappa shape index (κ1) is 15.3. The average Bonchev–Trinajstić information content (AvgIpc) is 3.11. The van der Waals surface area contributed by atoms with Crippen LogP contribution in [0.5, 0.6) is 0 Å². The summed E-state index contributed by atoms with van der Waals surface area (Å²) in [6.07, 6.45) is 1.55. The zero-order valence-corrected chi connectivity index (χ0v) is 12.7. The van der Waals surface area contributed by atoms with E-state index in [4.69, 9.17) is 0 Å². The minimum Gasteiger partial charge on any atom is -0.308 e. The molecule has 2 aromatic carbocycles. The molecule has 0 aliphatic carbocycles. The van der Waals surface area contributed by atoms with E-state index in [2.05, 4.69) is 26.9 Å². The van der Waals surface area contributed by atoms with Gasteiger partial charge in [0.15, 0.2) is 0 Å². The number of nitriles is 1. The van der Waals surface area contributed by atoms with Crippen molar-refractivity contribution in [2.75, 3.05) is 10.6 Å². The number of aromatic nitrogens is 2. The molecule has 1 atom stereocenters. The van der Waals surface area contributed by atoms with Crippen LogP contribution >= 0.6 is 0 Å². The van der Waals surface area contributed by atoms with Crippen molar-refractivity contribution >= 4 is 17.5 Å². The van der Waals surface area contributed by atoms with Crippen LogP contribution in [-0.4, -0.2) is 16.2 Å². The summed E-state index contributed by atoms with van der Waals surface area (Å²) in [7, 11) is 0. The van der Waals surface area contributed by atoms with Crippen LogP contribution in [0.15, 0.2) is 66.9 Å². The number of rotatable bonds is 4. The minimum atomic E-state index is -0.369. The lowest BCUT2D eigenvalue weighted by molar-refractivity contribution is 0.262. The third-order valence-electron chi connectivity index (χ3n) is 3.51. The largest absolute Gasteiger partial charge is 0.324 e. The normalized spacial score (nSPS) is 11.3. The topological polar surface area (TPSA) is 93.6 Å². The van der Waals surface area contributed by atoms with Crippen molar-refractivity contribution in [1.29, 1.82) is 5.26 Å². The van der Waals surface area contributed by atoms with Crippen LogP contribution in [0.4, 0.5) is 16.3 Å². The fraction of sp³-hybridized carbons (Fsp3) is 0.0556. The first-order valence-corrected chi connectivity index (χ1v) is 7.38. The number of benzene rings is 2. The van der Waals surface area contributed by atoms with Crippen LogP contribution in [0.3, 0.4) is 0 Å². The molecule has 1 unspecified atom stereocenters. The van der Waals surface area contributed by atoms with Crippen molar-refractivity contribution in [3.8, 4) is 6.07 Å². The highest BCUT2D eigenvalue weighted by molar-refractivity contribution is 5.99. The lowest BCUT2D eigenvalue weighted by Crippen LogP contribution is -2.19. The number of hydrogen-bond acceptors (Lipinski definition) is 3. The molecule has 0 saturated heterocycles. The molecule has 0 aliphatic rings. The van der Waals surface area contributed by atoms with Gasteiger partial charge < -0.3 is 5.32 Å². The molecule has 1 aromatic heterocycles. The number of anilines is 2. The second kappa shape index (κ2) is 7.11. The Morgan fingerprint density at radius 3 is 2.33 bits per heavy atom. The molecule has 6 nitrogen and oxygen atoms in total. The fourth-order valence-corrected chi connectivity index (χ4v) is 2.36. The Bertz CT molecular complexity index is 835. The van der Waals surface area contributed by atoms with Crippen LogP contribution in [0.25, 0.3) is 0 Å². The van der Waals surface area contributed by atoms with Gasteiger partial charge in [0.2, 0.25) is 0 Å². The lowest BCUT2D eigenvalue weighted by atomic mass is 9.92. The van der Waals surface area contributed by atoms with E-state index in [0.717, 1.165) is 11.1 Å². The lowest BCUT2D eigenvalue weighted by Gasteiger charge is -2.11. The second-order valence-electron chi connectivity index (χ2n) is 5.14. The molecule has 6 heteroatoms. The van der Waals surface area contributed by atoms with E-state index >= 15 is 0 Å². The predicted octanol–water partition coefficient (Wildman–Crippen LogP) is 3.71. The Hall–Kier alpha value is -3.59. The van der Waals surface area contributed by atoms with E-state index in [1.165, 1.54) is 0 Å². The van der Waals surface area contributed by atoms with E-state index in [1.54, 1.807) is 24.4 Å². The molecule has 2 amide bonds. The molecule has 0 radical (unpaired) electrons. The monoisotopic (exact) mass is 317 g/mol. The van der Waals surface area contributed by atoms with Gasteiger partial charge >= 0.3 is 6.03 Å². The SMILES string of the molecule is N#CC(c1ccccc1)c1ccc(NC(=O)Nc2ccn[nH]2)cc1. The van der Waals surface area contributed by atoms with Crippen LogP contribution < -0.4 is 10.6 Å². The third-order valence-corrected chi connectivity index (χ3v) is 3.51. The molecule has 0 saturated carbocycles. The van der Waals surface area contributed by atoms with E-state index in [0.29, 0.717) is 11.5 Å². The van der Waals surface area contributed by atoms with Gasteiger partial charge in [-0.1, -0.05) is 42.5 Å². The zero-order valence-electron chi connectivity index (χ0n) is 12.7. The van der Waals surface area contributed by atoms with Gasteiger partial charge in [0, 0.05) is 11.8 Å². The Morgan fingerprint density at radius 1 is 1.00 bits per heavy atom. The van der Waals surface area contributed by atoms with E-state index in [-0.39, 0.29) is 11.9 Å². The standard InChI is InChI=1S/C18H15N5O/c19-12-16(13-4-2-1-3-5-13)14-6-8-15(9-7-14)21-18(24)22-17-10-11-20-23-17/h1-11,16H,(H3,20,21,22,23,24). The van der Waals surface area contributed by atoms with Crippen molar-refractivity contribution < 1.29 is 4.79 Å². The molecule has 0 spiro atoms. The first-order valence-electron chi connectivity index (χ1n) is 7.38. The van der Waals surface area contributed by atoms with Gasteiger partial charge in [0.1, 0.15) is 5.82 Å². The Labute approximate surface area is 139 Å². The maximum absolute atomic E-state index is 11.9. The van der Waals surface area contributed by atoms with Crippen LogP contribution in [-0.2, 0) is 0 Å². The number of amides is 2. The Morgan fingerprint density at radius 2 is 1.71 bits per heavy atom. The summed E-state index contributed by atoms with van der Waals surface area (Å²) in [6.45, 7) is 0. The van der Waals surface area contributed by atoms with Gasteiger partial charge in [-0.3, -0.25) is 10.4 Å². The average molecular weight is 317 g/mol. The summed E-state index contributed by atoms with van der Waals surface area (Å²) in [4.78, 5) is 11.9. The quantitative estimate of drug-likeness (QED) is 0.684. The molecule has 3 aromatic rings. The highest BCUT2D eigenvalue weighted by atomic mass is 16.2. The molecular weight excluding hydrogens is 302 g/mol. The number of nitrogens with zero attached hydrogens (tertiary/aromatic N) is 2. The second-order valence-corrected chi connectivity index (χ2v) is 5.14. The van der Waals surface area contributed by atoms with E-state index in [1.807, 2.05) is 42.5 Å². The summed E-state index contributed by atoms with van der Waals surface area (Å²) in [6, 6.07) is 20.4. The molecule has 3 rings (SSSR count). The highest BCUT2D eigenvalue weighted by Gasteiger charge is 2.13. The van der Waals surface area contributed by atoms with Crippen LogP contribution in [0.1, 0.15) is 17.0 Å². The van der Waals surface area contributed by atoms with Gasteiger partial charge in [0.05, 0.1) is 18.2 Å². The highest BCUT2D eigenvalue weighted by Crippen LogP contribution is 2.25. The number of urea groups is 1. The molecule has 3 N–H and O–H groups in total. The van der Waals surface area contributed by atoms with Gasteiger partial charge in [-0.25, -0.2) is 4.79 Å². The molecule has 0 fully saturated rings. The summed E-state index contributed by atoms with van der Waals surface area (Å²) >= 11 is 0. The Kier molecular flexibility index (Phi) is 4.54. The molecule has 0 bridgehead atoms. The maximum Gasteiger partial charge on any atom is 0.324 e. The Balaban J connectivity index is 1.69. The van der Waals surface area contributed by atoms with Crippen molar-refractivity contribution in [2.24, 2.45) is 0 Å². The summed E-state index contributed by atoms with van der Waals surface area (Å²) in [5.41, 5.74) is 2.46. The van der Waals surface area contributed by atoms with Gasteiger partial charge in [-0.05, 0) is 23.3 Å². The minimum absolute atomic E-state index is 0.334. The van der Waals surface area contributed by atoms with Gasteiger partial charge in [-0.15, -0.1) is 0 Å². The van der Waals surface area contributed by atoms with Gasteiger partial charge in [-0.2, -0.15) is 10.4 Å². The molecule has 1 heterocycles. The van der Waals surface area contributed by atoms with Gasteiger partial charge in [0.25, 0.3) is 0 Å². The van der Waals surface area contributed by atoms with E-state index in [9.17, 15) is 10.1 Å². The number of H-pyrrole nitrogens is 1. The molecule has 24 heavy (non-hydrogen) atoms. The number of hydrogen-bond donors (Lipinski definition) is 3. The van der Waals surface area contributed by atoms with Crippen molar-refractivity contribution in [2.45, 2.75) is 5.92 Å². The van der Waals surface area contributed by atoms with Crippen molar-refractivity contribution in [3.63, 3.8) is 0 Å². The summed E-state index contributed by atoms with van der Waals surface area (Å²) < 4.78 is 0. The van der Waals surface area contributed by atoms with Crippen molar-refractivity contribution in [1.82, 2.24) is 10.2 Å².